The molecule has 2 heterocycles. The smallest absolute Gasteiger partial charge is 0.249 e. The number of rotatable bonds is 9. The molecule has 1 aromatic heterocycles. The van der Waals surface area contributed by atoms with Crippen molar-refractivity contribution in [3.63, 3.8) is 0 Å². The topological polar surface area (TPSA) is 103 Å². The Kier molecular flexibility index (Phi) is 8.28. The molecular formula is C27H30ClN3O4S. The summed E-state index contributed by atoms with van der Waals surface area (Å²) in [7, 11) is -3.37. The highest BCUT2D eigenvalue weighted by atomic mass is 35.5. The van der Waals surface area contributed by atoms with Crippen LogP contribution >= 0.6 is 11.6 Å². The predicted molar refractivity (Wildman–Crippen MR) is 143 cm³/mol. The van der Waals surface area contributed by atoms with Crippen LogP contribution in [0.15, 0.2) is 54.7 Å². The van der Waals surface area contributed by atoms with Crippen LogP contribution in [0, 0.1) is 0 Å². The van der Waals surface area contributed by atoms with Crippen molar-refractivity contribution in [3.8, 4) is 28.1 Å². The molecule has 1 aliphatic rings. The maximum atomic E-state index is 12.5. The van der Waals surface area contributed by atoms with Crippen molar-refractivity contribution in [2.75, 3.05) is 32.5 Å². The Bertz CT molecular complexity index is 1340. The second kappa shape index (κ2) is 11.4. The molecule has 0 radical (unpaired) electrons. The van der Waals surface area contributed by atoms with Gasteiger partial charge < -0.3 is 10.5 Å². The van der Waals surface area contributed by atoms with Crippen molar-refractivity contribution in [1.29, 1.82) is 0 Å². The molecule has 0 aliphatic carbocycles. The van der Waals surface area contributed by atoms with Crippen LogP contribution < -0.4 is 10.5 Å². The number of ether oxygens (including phenoxy) is 1. The molecule has 3 aromatic rings. The molecule has 2 aromatic carbocycles. The van der Waals surface area contributed by atoms with Gasteiger partial charge in [0.15, 0.2) is 9.84 Å². The van der Waals surface area contributed by atoms with Gasteiger partial charge >= 0.3 is 0 Å². The first-order valence-electron chi connectivity index (χ1n) is 11.9. The summed E-state index contributed by atoms with van der Waals surface area (Å²) in [6.07, 6.45) is 6.39. The predicted octanol–water partition coefficient (Wildman–Crippen LogP) is 4.58. The number of primary amides is 1. The Morgan fingerprint density at radius 1 is 1.11 bits per heavy atom. The van der Waals surface area contributed by atoms with Gasteiger partial charge in [-0.1, -0.05) is 36.2 Å². The summed E-state index contributed by atoms with van der Waals surface area (Å²) in [5.41, 5.74) is 8.93. The molecule has 0 atom stereocenters. The molecule has 1 amide bonds. The van der Waals surface area contributed by atoms with Crippen LogP contribution in [0.4, 0.5) is 0 Å². The Labute approximate surface area is 217 Å². The van der Waals surface area contributed by atoms with Crippen molar-refractivity contribution >= 4 is 27.3 Å². The molecule has 0 spiro atoms. The average Bonchev–Trinajstić information content (AvgIpc) is 2.85. The number of nitrogens with two attached hydrogens (primary N) is 1. The van der Waals surface area contributed by atoms with E-state index in [1.165, 1.54) is 12.7 Å². The molecule has 7 nitrogen and oxygen atoms in total. The molecule has 4 rings (SSSR count). The van der Waals surface area contributed by atoms with Crippen molar-refractivity contribution in [2.45, 2.75) is 25.0 Å². The minimum absolute atomic E-state index is 0.223. The van der Waals surface area contributed by atoms with Crippen molar-refractivity contribution in [2.24, 2.45) is 5.73 Å². The maximum Gasteiger partial charge on any atom is 0.249 e. The van der Waals surface area contributed by atoms with E-state index in [9.17, 15) is 13.2 Å². The number of pyridine rings is 1. The summed E-state index contributed by atoms with van der Waals surface area (Å²) in [5, 5.41) is 0.498. The molecule has 0 bridgehead atoms. The minimum atomic E-state index is -3.37. The number of nitrogens with zero attached hydrogens (tertiary/aromatic N) is 2. The maximum absolute atomic E-state index is 12.5. The van der Waals surface area contributed by atoms with Gasteiger partial charge in [-0.3, -0.25) is 14.7 Å². The van der Waals surface area contributed by atoms with Gasteiger partial charge in [-0.15, -0.1) is 0 Å². The Balaban J connectivity index is 1.82. The van der Waals surface area contributed by atoms with Gasteiger partial charge in [0.1, 0.15) is 12.4 Å². The molecule has 0 unspecified atom stereocenters. The van der Waals surface area contributed by atoms with E-state index < -0.39 is 15.7 Å². The summed E-state index contributed by atoms with van der Waals surface area (Å²) in [6, 6.07) is 14.0. The van der Waals surface area contributed by atoms with Gasteiger partial charge in [0.25, 0.3) is 0 Å². The number of amides is 1. The summed E-state index contributed by atoms with van der Waals surface area (Å²) in [4.78, 5) is 19.2. The minimum Gasteiger partial charge on any atom is -0.491 e. The van der Waals surface area contributed by atoms with Gasteiger partial charge in [0, 0.05) is 40.7 Å². The molecule has 190 valence electrons. The zero-order valence-electron chi connectivity index (χ0n) is 20.2. The Morgan fingerprint density at radius 2 is 1.89 bits per heavy atom. The first kappa shape index (κ1) is 26.1. The van der Waals surface area contributed by atoms with E-state index in [0.717, 1.165) is 25.9 Å². The number of halogens is 1. The zero-order chi connectivity index (χ0) is 25.7. The summed E-state index contributed by atoms with van der Waals surface area (Å²) >= 11 is 6.50. The molecule has 2 N–H and O–H groups in total. The highest BCUT2D eigenvalue weighted by molar-refractivity contribution is 7.89. The van der Waals surface area contributed by atoms with E-state index in [1.54, 1.807) is 30.5 Å². The van der Waals surface area contributed by atoms with Crippen LogP contribution in [-0.4, -0.2) is 56.7 Å². The molecule has 1 fully saturated rings. The van der Waals surface area contributed by atoms with Gasteiger partial charge in [-0.05, 0) is 61.8 Å². The lowest BCUT2D eigenvalue weighted by Crippen LogP contribution is -2.33. The lowest BCUT2D eigenvalue weighted by Gasteiger charge is -2.27. The van der Waals surface area contributed by atoms with E-state index in [-0.39, 0.29) is 11.3 Å². The number of likely N-dealkylation sites (tertiary alicyclic amines) is 1. The fourth-order valence-electron chi connectivity index (χ4n) is 4.54. The van der Waals surface area contributed by atoms with Gasteiger partial charge in [-0.25, -0.2) is 8.42 Å². The fraction of sp³-hybridized carbons (Fsp3) is 0.333. The molecule has 1 aliphatic heterocycles. The second-order valence-electron chi connectivity index (χ2n) is 9.07. The monoisotopic (exact) mass is 527 g/mol. The number of sulfone groups is 1. The van der Waals surface area contributed by atoms with E-state index in [0.29, 0.717) is 51.9 Å². The SMILES string of the molecule is CS(=O)(=O)Cc1ccc(C(N)=O)c(-c2ccc(Cl)c(-c3ccccn3)c2)c1OCCN1CCCCC1. The van der Waals surface area contributed by atoms with Crippen LogP contribution in [-0.2, 0) is 15.6 Å². The van der Waals surface area contributed by atoms with Gasteiger partial charge in [-0.2, -0.15) is 0 Å². The quantitative estimate of drug-likeness (QED) is 0.437. The largest absolute Gasteiger partial charge is 0.491 e. The van der Waals surface area contributed by atoms with E-state index >= 15 is 0 Å². The molecule has 36 heavy (non-hydrogen) atoms. The molecule has 0 saturated carbocycles. The number of hydrogen-bond donors (Lipinski definition) is 1. The normalized spacial score (nSPS) is 14.5. The Morgan fingerprint density at radius 3 is 2.56 bits per heavy atom. The highest BCUT2D eigenvalue weighted by Gasteiger charge is 2.23. The first-order chi connectivity index (χ1) is 17.2. The Hall–Kier alpha value is -2.94. The number of carbonyl (C=O) groups is 1. The summed E-state index contributed by atoms with van der Waals surface area (Å²) in [5.74, 6) is -0.507. The third kappa shape index (κ3) is 6.43. The van der Waals surface area contributed by atoms with Crippen molar-refractivity contribution in [1.82, 2.24) is 9.88 Å². The fourth-order valence-corrected chi connectivity index (χ4v) is 5.54. The number of carbonyl (C=O) groups excluding carboxylic acids is 1. The third-order valence-corrected chi connectivity index (χ3v) is 7.39. The van der Waals surface area contributed by atoms with Crippen LogP contribution in [0.25, 0.3) is 22.4 Å². The van der Waals surface area contributed by atoms with Gasteiger partial charge in [0.2, 0.25) is 5.91 Å². The van der Waals surface area contributed by atoms with E-state index in [1.807, 2.05) is 24.3 Å². The van der Waals surface area contributed by atoms with Crippen molar-refractivity contribution < 1.29 is 17.9 Å². The van der Waals surface area contributed by atoms with Crippen LogP contribution in [0.3, 0.4) is 0 Å². The van der Waals surface area contributed by atoms with E-state index in [2.05, 4.69) is 9.88 Å². The molecular weight excluding hydrogens is 498 g/mol. The summed E-state index contributed by atoms with van der Waals surface area (Å²) in [6.45, 7) is 3.09. The van der Waals surface area contributed by atoms with Crippen molar-refractivity contribution in [3.05, 3.63) is 70.9 Å². The van der Waals surface area contributed by atoms with Crippen LogP contribution in [0.1, 0.15) is 35.2 Å². The number of aromatic nitrogens is 1. The van der Waals surface area contributed by atoms with E-state index in [4.69, 9.17) is 22.1 Å². The second-order valence-corrected chi connectivity index (χ2v) is 11.6. The molecule has 1 saturated heterocycles. The zero-order valence-corrected chi connectivity index (χ0v) is 21.8. The standard InChI is InChI=1S/C27H30ClN3O4S/c1-36(33,34)18-20-8-10-21(27(29)32)25(26(20)35-16-15-31-13-5-2-6-14-31)19-9-11-23(28)22(17-19)24-7-3-4-12-30-24/h3-4,7-12,17H,2,5-6,13-16,18H2,1H3,(H2,29,32). The van der Waals surface area contributed by atoms with Crippen LogP contribution in [0.5, 0.6) is 5.75 Å². The number of piperidine rings is 1. The summed E-state index contributed by atoms with van der Waals surface area (Å²) < 4.78 is 30.8. The van der Waals surface area contributed by atoms with Crippen LogP contribution in [0.2, 0.25) is 5.02 Å². The first-order valence-corrected chi connectivity index (χ1v) is 14.4. The van der Waals surface area contributed by atoms with Gasteiger partial charge in [0.05, 0.1) is 17.0 Å². The lowest BCUT2D eigenvalue weighted by atomic mass is 9.93. The third-order valence-electron chi connectivity index (χ3n) is 6.22. The lowest BCUT2D eigenvalue weighted by molar-refractivity contribution is 0.100. The molecule has 9 heteroatoms. The number of benzene rings is 2. The number of hydrogen-bond acceptors (Lipinski definition) is 6. The average molecular weight is 528 g/mol. The highest BCUT2D eigenvalue weighted by Crippen LogP contribution is 2.40.